The highest BCUT2D eigenvalue weighted by atomic mass is 79.9. The minimum absolute atomic E-state index is 0.671. The van der Waals surface area contributed by atoms with Gasteiger partial charge in [-0.05, 0) is 35.2 Å². The number of anilines is 2. The van der Waals surface area contributed by atoms with Gasteiger partial charge in [0.1, 0.15) is 0 Å². The molecule has 0 spiro atoms. The molecular formula is C11H14BrN3. The molecule has 3 rings (SSSR count). The van der Waals surface area contributed by atoms with Gasteiger partial charge in [0, 0.05) is 25.3 Å². The van der Waals surface area contributed by atoms with E-state index in [2.05, 4.69) is 31.1 Å². The van der Waals surface area contributed by atoms with Gasteiger partial charge in [0.25, 0.3) is 0 Å². The van der Waals surface area contributed by atoms with E-state index < -0.39 is 0 Å². The van der Waals surface area contributed by atoms with Gasteiger partial charge in [0.05, 0.1) is 22.0 Å². The van der Waals surface area contributed by atoms with Crippen LogP contribution in [0.1, 0.15) is 19.3 Å². The van der Waals surface area contributed by atoms with Crippen molar-refractivity contribution in [2.45, 2.75) is 25.3 Å². The molecule has 15 heavy (non-hydrogen) atoms. The molecule has 2 aliphatic heterocycles. The van der Waals surface area contributed by atoms with E-state index in [0.29, 0.717) is 6.04 Å². The molecule has 0 amide bonds. The third-order valence-electron chi connectivity index (χ3n) is 3.32. The molecule has 0 saturated carbocycles. The van der Waals surface area contributed by atoms with Crippen LogP contribution in [0.2, 0.25) is 0 Å². The molecule has 0 aromatic carbocycles. The van der Waals surface area contributed by atoms with Crippen LogP contribution in [0.15, 0.2) is 16.9 Å². The number of nitrogens with zero attached hydrogens (tertiary/aromatic N) is 2. The third kappa shape index (κ3) is 1.51. The number of piperidine rings is 1. The van der Waals surface area contributed by atoms with Crippen LogP contribution in [-0.2, 0) is 0 Å². The lowest BCUT2D eigenvalue weighted by molar-refractivity contribution is 0.465. The molecule has 1 atom stereocenters. The van der Waals surface area contributed by atoms with Gasteiger partial charge in [-0.1, -0.05) is 0 Å². The van der Waals surface area contributed by atoms with Crippen molar-refractivity contribution in [3.8, 4) is 0 Å². The average molecular weight is 268 g/mol. The van der Waals surface area contributed by atoms with Gasteiger partial charge in [-0.25, -0.2) is 0 Å². The summed E-state index contributed by atoms with van der Waals surface area (Å²) >= 11 is 3.60. The summed E-state index contributed by atoms with van der Waals surface area (Å²) in [6.45, 7) is 2.24. The summed E-state index contributed by atoms with van der Waals surface area (Å²) in [6.07, 6.45) is 7.79. The van der Waals surface area contributed by atoms with Crippen LogP contribution in [0.5, 0.6) is 0 Å². The standard InChI is InChI=1S/C11H14BrN3/c12-9-6-13-7-10-11(9)15-4-2-1-3-8(15)5-14-10/h6-8,14H,1-5H2. The monoisotopic (exact) mass is 267 g/mol. The first-order valence-corrected chi connectivity index (χ1v) is 6.29. The Morgan fingerprint density at radius 2 is 2.33 bits per heavy atom. The van der Waals surface area contributed by atoms with E-state index in [9.17, 15) is 0 Å². The zero-order valence-electron chi connectivity index (χ0n) is 8.54. The molecule has 3 nitrogen and oxygen atoms in total. The molecule has 80 valence electrons. The van der Waals surface area contributed by atoms with Crippen molar-refractivity contribution in [3.63, 3.8) is 0 Å². The van der Waals surface area contributed by atoms with Crippen molar-refractivity contribution in [2.75, 3.05) is 23.3 Å². The normalized spacial score (nSPS) is 24.1. The molecular weight excluding hydrogens is 254 g/mol. The lowest BCUT2D eigenvalue weighted by atomic mass is 9.99. The molecule has 1 aromatic heterocycles. The smallest absolute Gasteiger partial charge is 0.0781 e. The van der Waals surface area contributed by atoms with Crippen LogP contribution in [0.25, 0.3) is 0 Å². The first-order chi connectivity index (χ1) is 7.36. The molecule has 1 saturated heterocycles. The predicted molar refractivity (Wildman–Crippen MR) is 65.4 cm³/mol. The Kier molecular flexibility index (Phi) is 2.31. The highest BCUT2D eigenvalue weighted by molar-refractivity contribution is 9.10. The number of rotatable bonds is 0. The van der Waals surface area contributed by atoms with E-state index >= 15 is 0 Å². The Morgan fingerprint density at radius 3 is 3.27 bits per heavy atom. The fourth-order valence-electron chi connectivity index (χ4n) is 2.58. The van der Waals surface area contributed by atoms with Crippen LogP contribution in [-0.4, -0.2) is 24.1 Å². The summed E-state index contributed by atoms with van der Waals surface area (Å²) in [5, 5.41) is 3.47. The van der Waals surface area contributed by atoms with E-state index in [1.165, 1.54) is 37.2 Å². The summed E-state index contributed by atoms with van der Waals surface area (Å²) < 4.78 is 1.11. The van der Waals surface area contributed by atoms with Crippen molar-refractivity contribution in [3.05, 3.63) is 16.9 Å². The SMILES string of the molecule is Brc1cncc2c1N1CCCCC1CN2. The predicted octanol–water partition coefficient (Wildman–Crippen LogP) is 2.63. The topological polar surface area (TPSA) is 28.2 Å². The van der Waals surface area contributed by atoms with Crippen molar-refractivity contribution in [1.29, 1.82) is 0 Å². The molecule has 3 heterocycles. The highest BCUT2D eigenvalue weighted by Crippen LogP contribution is 2.39. The lowest BCUT2D eigenvalue weighted by Crippen LogP contribution is -2.47. The van der Waals surface area contributed by atoms with Crippen LogP contribution in [0.3, 0.4) is 0 Å². The molecule has 0 aliphatic carbocycles. The zero-order valence-corrected chi connectivity index (χ0v) is 10.1. The largest absolute Gasteiger partial charge is 0.380 e. The zero-order chi connectivity index (χ0) is 10.3. The van der Waals surface area contributed by atoms with Gasteiger partial charge in [-0.3, -0.25) is 4.98 Å². The number of pyridine rings is 1. The van der Waals surface area contributed by atoms with Crippen molar-refractivity contribution in [1.82, 2.24) is 4.98 Å². The summed E-state index contributed by atoms with van der Waals surface area (Å²) in [4.78, 5) is 6.73. The average Bonchev–Trinajstić information content (AvgIpc) is 2.29. The van der Waals surface area contributed by atoms with E-state index in [4.69, 9.17) is 0 Å². The van der Waals surface area contributed by atoms with E-state index in [1.807, 2.05) is 12.4 Å². The van der Waals surface area contributed by atoms with Gasteiger partial charge in [0.15, 0.2) is 0 Å². The molecule has 2 aliphatic rings. The van der Waals surface area contributed by atoms with Gasteiger partial charge >= 0.3 is 0 Å². The fourth-order valence-corrected chi connectivity index (χ4v) is 3.14. The van der Waals surface area contributed by atoms with Crippen LogP contribution < -0.4 is 10.2 Å². The Labute approximate surface area is 98.0 Å². The Morgan fingerprint density at radius 1 is 1.40 bits per heavy atom. The second-order valence-corrected chi connectivity index (χ2v) is 5.10. The molecule has 1 unspecified atom stereocenters. The maximum Gasteiger partial charge on any atom is 0.0781 e. The molecule has 4 heteroatoms. The maximum atomic E-state index is 4.20. The minimum Gasteiger partial charge on any atom is -0.380 e. The summed E-state index contributed by atoms with van der Waals surface area (Å²) in [5.41, 5.74) is 2.48. The first-order valence-electron chi connectivity index (χ1n) is 5.50. The number of hydrogen-bond acceptors (Lipinski definition) is 3. The lowest BCUT2D eigenvalue weighted by Gasteiger charge is -2.42. The second kappa shape index (κ2) is 3.67. The summed E-state index contributed by atoms with van der Waals surface area (Å²) in [7, 11) is 0. The van der Waals surface area contributed by atoms with Gasteiger partial charge in [-0.15, -0.1) is 0 Å². The molecule has 1 N–H and O–H groups in total. The fraction of sp³-hybridized carbons (Fsp3) is 0.545. The number of aromatic nitrogens is 1. The van der Waals surface area contributed by atoms with Crippen LogP contribution in [0.4, 0.5) is 11.4 Å². The molecule has 0 bridgehead atoms. The van der Waals surface area contributed by atoms with Gasteiger partial charge in [0.2, 0.25) is 0 Å². The van der Waals surface area contributed by atoms with Gasteiger partial charge in [-0.2, -0.15) is 0 Å². The Balaban J connectivity index is 2.05. The quantitative estimate of drug-likeness (QED) is 0.784. The van der Waals surface area contributed by atoms with E-state index in [1.54, 1.807) is 0 Å². The van der Waals surface area contributed by atoms with Crippen molar-refractivity contribution >= 4 is 27.3 Å². The van der Waals surface area contributed by atoms with Gasteiger partial charge < -0.3 is 10.2 Å². The van der Waals surface area contributed by atoms with Crippen LogP contribution in [0, 0.1) is 0 Å². The molecule has 1 fully saturated rings. The highest BCUT2D eigenvalue weighted by Gasteiger charge is 2.29. The van der Waals surface area contributed by atoms with E-state index in [0.717, 1.165) is 11.0 Å². The Hall–Kier alpha value is -0.770. The second-order valence-electron chi connectivity index (χ2n) is 4.24. The molecule has 0 radical (unpaired) electrons. The maximum absolute atomic E-state index is 4.20. The summed E-state index contributed by atoms with van der Waals surface area (Å²) in [5.74, 6) is 0. The number of fused-ring (bicyclic) bond motifs is 3. The van der Waals surface area contributed by atoms with Crippen molar-refractivity contribution in [2.24, 2.45) is 0 Å². The van der Waals surface area contributed by atoms with Crippen molar-refractivity contribution < 1.29 is 0 Å². The Bertz CT molecular complexity index is 380. The third-order valence-corrected chi connectivity index (χ3v) is 3.90. The minimum atomic E-state index is 0.671. The number of hydrogen-bond donors (Lipinski definition) is 1. The molecule has 1 aromatic rings. The number of halogens is 1. The van der Waals surface area contributed by atoms with E-state index in [-0.39, 0.29) is 0 Å². The number of nitrogens with one attached hydrogen (secondary N) is 1. The summed E-state index contributed by atoms with van der Waals surface area (Å²) in [6, 6.07) is 0.671. The first kappa shape index (κ1) is 9.46. The van der Waals surface area contributed by atoms with Crippen LogP contribution >= 0.6 is 15.9 Å².